The second kappa shape index (κ2) is 8.40. The highest BCUT2D eigenvalue weighted by Crippen LogP contribution is 2.29. The fourth-order valence-electron chi connectivity index (χ4n) is 2.62. The number of aryl methyl sites for hydroxylation is 1. The Kier molecular flexibility index (Phi) is 6.52. The fraction of sp³-hybridized carbons (Fsp3) is 0.474. The first kappa shape index (κ1) is 18.6. The maximum absolute atomic E-state index is 11.7. The van der Waals surface area contributed by atoms with E-state index in [0.717, 1.165) is 18.7 Å². The molecule has 24 heavy (non-hydrogen) atoms. The normalized spacial score (nSPS) is 12.4. The van der Waals surface area contributed by atoms with Crippen molar-refractivity contribution < 1.29 is 4.79 Å². The third-order valence-corrected chi connectivity index (χ3v) is 5.66. The monoisotopic (exact) mass is 345 g/mol. The molecule has 1 heterocycles. The van der Waals surface area contributed by atoms with Gasteiger partial charge in [0.15, 0.2) is 0 Å². The summed E-state index contributed by atoms with van der Waals surface area (Å²) in [6.07, 6.45) is 0.893. The van der Waals surface area contributed by atoms with Gasteiger partial charge in [0.25, 0.3) is 5.91 Å². The second-order valence-electron chi connectivity index (χ2n) is 6.36. The zero-order valence-corrected chi connectivity index (χ0v) is 16.0. The molecule has 0 radical (unpaired) electrons. The Morgan fingerprint density at radius 1 is 1.29 bits per heavy atom. The van der Waals surface area contributed by atoms with Crippen LogP contribution in [-0.4, -0.2) is 24.5 Å². The van der Waals surface area contributed by atoms with E-state index in [4.69, 9.17) is 0 Å². The molecule has 1 aromatic heterocycles. The molecule has 0 saturated carbocycles. The van der Waals surface area contributed by atoms with Crippen molar-refractivity contribution in [3.05, 3.63) is 51.0 Å². The zero-order chi connectivity index (χ0) is 17.7. The summed E-state index contributed by atoms with van der Waals surface area (Å²) in [5, 5.41) is 7.44. The molecule has 1 aromatic carbocycles. The summed E-state index contributed by atoms with van der Waals surface area (Å²) in [6.45, 7) is 9.50. The Morgan fingerprint density at radius 3 is 2.67 bits per heavy atom. The molecule has 130 valence electrons. The Hall–Kier alpha value is -1.72. The van der Waals surface area contributed by atoms with Gasteiger partial charge in [0.05, 0.1) is 10.7 Å². The van der Waals surface area contributed by atoms with Crippen molar-refractivity contribution in [2.24, 2.45) is 0 Å². The number of rotatable bonds is 7. The summed E-state index contributed by atoms with van der Waals surface area (Å²) in [5.41, 5.74) is 3.01. The molecule has 0 saturated heterocycles. The van der Waals surface area contributed by atoms with Crippen LogP contribution in [0.25, 0.3) is 0 Å². The smallest absolute Gasteiger partial charge is 0.251 e. The van der Waals surface area contributed by atoms with E-state index >= 15 is 0 Å². The lowest BCUT2D eigenvalue weighted by Crippen LogP contribution is -2.21. The lowest BCUT2D eigenvalue weighted by molar-refractivity contribution is 0.0963. The number of nitrogens with zero attached hydrogens (tertiary/aromatic N) is 1. The van der Waals surface area contributed by atoms with Crippen molar-refractivity contribution in [1.82, 2.24) is 15.6 Å². The van der Waals surface area contributed by atoms with Gasteiger partial charge in [-0.2, -0.15) is 0 Å². The molecule has 0 unspecified atom stereocenters. The lowest BCUT2D eigenvalue weighted by Gasteiger charge is -2.13. The van der Waals surface area contributed by atoms with Crippen molar-refractivity contribution in [3.63, 3.8) is 0 Å². The number of thiazole rings is 1. The molecule has 1 amide bonds. The van der Waals surface area contributed by atoms with Crippen LogP contribution in [0, 0.1) is 6.92 Å². The van der Waals surface area contributed by atoms with Crippen LogP contribution in [0.1, 0.15) is 64.2 Å². The summed E-state index contributed by atoms with van der Waals surface area (Å²) in [7, 11) is 1.65. The molecule has 2 N–H and O–H groups in total. The number of nitrogens with one attached hydrogen (secondary N) is 2. The third-order valence-electron chi connectivity index (χ3n) is 4.02. The maximum atomic E-state index is 11.7. The number of carbonyl (C=O) groups is 1. The molecule has 1 atom stereocenters. The van der Waals surface area contributed by atoms with E-state index in [-0.39, 0.29) is 11.9 Å². The minimum Gasteiger partial charge on any atom is -0.355 e. The lowest BCUT2D eigenvalue weighted by atomic mass is 10.1. The van der Waals surface area contributed by atoms with Crippen LogP contribution in [0.4, 0.5) is 0 Å². The standard InChI is InChI=1S/C19H27N3OS/c1-12(2)19-22-14(4)17(24-19)13(3)21-10-9-15-7-6-8-16(11-15)18(23)20-5/h6-8,11-13,21H,9-10H2,1-5H3,(H,20,23)/t13-/m0/s1. The molecule has 0 fully saturated rings. The van der Waals surface area contributed by atoms with Crippen molar-refractivity contribution in [1.29, 1.82) is 0 Å². The van der Waals surface area contributed by atoms with Gasteiger partial charge in [0.2, 0.25) is 0 Å². The summed E-state index contributed by atoms with van der Waals surface area (Å²) in [5.74, 6) is 0.432. The fourth-order valence-corrected chi connectivity index (χ4v) is 3.71. The van der Waals surface area contributed by atoms with Gasteiger partial charge >= 0.3 is 0 Å². The van der Waals surface area contributed by atoms with Gasteiger partial charge in [0, 0.05) is 29.4 Å². The summed E-state index contributed by atoms with van der Waals surface area (Å²) in [4.78, 5) is 17.7. The average Bonchev–Trinajstić information content (AvgIpc) is 2.96. The van der Waals surface area contributed by atoms with Gasteiger partial charge in [-0.05, 0) is 44.5 Å². The Labute approximate surface area is 148 Å². The summed E-state index contributed by atoms with van der Waals surface area (Å²) < 4.78 is 0. The Morgan fingerprint density at radius 2 is 2.04 bits per heavy atom. The van der Waals surface area contributed by atoms with Gasteiger partial charge in [-0.25, -0.2) is 4.98 Å². The number of hydrogen-bond acceptors (Lipinski definition) is 4. The van der Waals surface area contributed by atoms with E-state index in [0.29, 0.717) is 11.5 Å². The van der Waals surface area contributed by atoms with Crippen molar-refractivity contribution >= 4 is 17.2 Å². The molecule has 0 aliphatic carbocycles. The van der Waals surface area contributed by atoms with Gasteiger partial charge in [-0.1, -0.05) is 26.0 Å². The average molecular weight is 346 g/mol. The number of aromatic nitrogens is 1. The van der Waals surface area contributed by atoms with Crippen molar-refractivity contribution in [3.8, 4) is 0 Å². The molecule has 0 aliphatic heterocycles. The quantitative estimate of drug-likeness (QED) is 0.802. The highest BCUT2D eigenvalue weighted by atomic mass is 32.1. The van der Waals surface area contributed by atoms with E-state index in [1.165, 1.54) is 15.4 Å². The second-order valence-corrected chi connectivity index (χ2v) is 7.42. The number of amides is 1. The predicted octanol–water partition coefficient (Wildman–Crippen LogP) is 3.83. The first-order valence-electron chi connectivity index (χ1n) is 8.44. The van der Waals surface area contributed by atoms with Crippen LogP contribution in [0.2, 0.25) is 0 Å². The minimum absolute atomic E-state index is 0.0420. The van der Waals surface area contributed by atoms with Crippen LogP contribution in [0.5, 0.6) is 0 Å². The molecular weight excluding hydrogens is 318 g/mol. The number of carbonyl (C=O) groups excluding carboxylic acids is 1. The van der Waals surface area contributed by atoms with E-state index < -0.39 is 0 Å². The molecule has 0 spiro atoms. The molecule has 5 heteroatoms. The van der Waals surface area contributed by atoms with Gasteiger partial charge in [0.1, 0.15) is 0 Å². The van der Waals surface area contributed by atoms with E-state index in [9.17, 15) is 4.79 Å². The highest BCUT2D eigenvalue weighted by molar-refractivity contribution is 7.11. The van der Waals surface area contributed by atoms with Crippen molar-refractivity contribution in [2.75, 3.05) is 13.6 Å². The first-order chi connectivity index (χ1) is 11.4. The SMILES string of the molecule is CNC(=O)c1cccc(CCN[C@@H](C)c2sc(C(C)C)nc2C)c1. The Balaban J connectivity index is 1.93. The topological polar surface area (TPSA) is 54.0 Å². The van der Waals surface area contributed by atoms with Crippen LogP contribution >= 0.6 is 11.3 Å². The number of hydrogen-bond donors (Lipinski definition) is 2. The molecular formula is C19H27N3OS. The van der Waals surface area contributed by atoms with Gasteiger partial charge < -0.3 is 10.6 Å². The van der Waals surface area contributed by atoms with E-state index in [2.05, 4.69) is 49.4 Å². The molecule has 2 rings (SSSR count). The van der Waals surface area contributed by atoms with E-state index in [1.807, 2.05) is 18.2 Å². The largest absolute Gasteiger partial charge is 0.355 e. The van der Waals surface area contributed by atoms with Crippen LogP contribution in [0.15, 0.2) is 24.3 Å². The Bertz CT molecular complexity index is 694. The minimum atomic E-state index is -0.0420. The van der Waals surface area contributed by atoms with Gasteiger partial charge in [-0.3, -0.25) is 4.79 Å². The molecule has 0 aliphatic rings. The zero-order valence-electron chi connectivity index (χ0n) is 15.1. The summed E-state index contributed by atoms with van der Waals surface area (Å²) >= 11 is 1.80. The maximum Gasteiger partial charge on any atom is 0.251 e. The first-order valence-corrected chi connectivity index (χ1v) is 9.25. The van der Waals surface area contributed by atoms with Crippen LogP contribution < -0.4 is 10.6 Å². The number of benzene rings is 1. The predicted molar refractivity (Wildman–Crippen MR) is 101 cm³/mol. The molecule has 0 bridgehead atoms. The van der Waals surface area contributed by atoms with Crippen LogP contribution in [0.3, 0.4) is 0 Å². The molecule has 4 nitrogen and oxygen atoms in total. The van der Waals surface area contributed by atoms with E-state index in [1.54, 1.807) is 18.4 Å². The van der Waals surface area contributed by atoms with Gasteiger partial charge in [-0.15, -0.1) is 11.3 Å². The van der Waals surface area contributed by atoms with Crippen molar-refractivity contribution in [2.45, 2.75) is 46.1 Å². The summed E-state index contributed by atoms with van der Waals surface area (Å²) in [6, 6.07) is 8.09. The van der Waals surface area contributed by atoms with Crippen LogP contribution in [-0.2, 0) is 6.42 Å². The molecule has 2 aromatic rings. The third kappa shape index (κ3) is 4.65. The highest BCUT2D eigenvalue weighted by Gasteiger charge is 2.15.